The minimum Gasteiger partial charge on any atom is -0.489 e. The summed E-state index contributed by atoms with van der Waals surface area (Å²) in [7, 11) is 0. The van der Waals surface area contributed by atoms with Crippen molar-refractivity contribution in [3.8, 4) is 11.5 Å². The maximum Gasteiger partial charge on any atom is 0.155 e. The zero-order chi connectivity index (χ0) is 22.2. The number of benzene rings is 2. The summed E-state index contributed by atoms with van der Waals surface area (Å²) < 4.78 is 12.0. The van der Waals surface area contributed by atoms with Crippen molar-refractivity contribution in [1.82, 2.24) is 15.0 Å². The lowest BCUT2D eigenvalue weighted by atomic mass is 10.1. The molecule has 7 nitrogen and oxygen atoms in total. The number of fused-ring (bicyclic) bond motifs is 3. The summed E-state index contributed by atoms with van der Waals surface area (Å²) >= 11 is 6.51. The fourth-order valence-electron chi connectivity index (χ4n) is 4.18. The van der Waals surface area contributed by atoms with Crippen molar-refractivity contribution in [2.45, 2.75) is 25.5 Å². The summed E-state index contributed by atoms with van der Waals surface area (Å²) in [4.78, 5) is 15.7. The van der Waals surface area contributed by atoms with Gasteiger partial charge in [0.2, 0.25) is 0 Å². The fourth-order valence-corrected chi connectivity index (χ4v) is 4.41. The van der Waals surface area contributed by atoms with E-state index in [-0.39, 0.29) is 0 Å². The van der Waals surface area contributed by atoms with Gasteiger partial charge >= 0.3 is 0 Å². The van der Waals surface area contributed by atoms with Crippen LogP contribution in [0.2, 0.25) is 5.02 Å². The molecule has 2 aliphatic rings. The van der Waals surface area contributed by atoms with Gasteiger partial charge in [-0.3, -0.25) is 4.98 Å². The SMILES string of the molecule is Clc1cc(Nc2ncnc3ccc4c(c23)OCCN4C2CC2)ccc1OCc1ccccn1. The van der Waals surface area contributed by atoms with Crippen LogP contribution < -0.4 is 19.7 Å². The molecule has 166 valence electrons. The summed E-state index contributed by atoms with van der Waals surface area (Å²) in [5, 5.41) is 4.78. The molecule has 1 aliphatic heterocycles. The number of pyridine rings is 1. The maximum absolute atomic E-state index is 6.51. The lowest BCUT2D eigenvalue weighted by Crippen LogP contribution is -2.34. The van der Waals surface area contributed by atoms with Crippen LogP contribution in [0.15, 0.2) is 61.1 Å². The van der Waals surface area contributed by atoms with Crippen molar-refractivity contribution in [3.05, 3.63) is 71.8 Å². The second-order valence-electron chi connectivity index (χ2n) is 8.18. The van der Waals surface area contributed by atoms with Crippen molar-refractivity contribution >= 4 is 39.7 Å². The van der Waals surface area contributed by atoms with Crippen LogP contribution in [0.4, 0.5) is 17.2 Å². The van der Waals surface area contributed by atoms with Gasteiger partial charge in [-0.2, -0.15) is 0 Å². The molecule has 1 saturated carbocycles. The number of anilines is 3. The van der Waals surface area contributed by atoms with Gasteiger partial charge in [-0.1, -0.05) is 17.7 Å². The third kappa shape index (κ3) is 4.00. The number of nitrogens with one attached hydrogen (secondary N) is 1. The molecular formula is C25H22ClN5O2. The predicted octanol–water partition coefficient (Wildman–Crippen LogP) is 5.36. The molecule has 0 saturated heterocycles. The number of ether oxygens (including phenoxy) is 2. The van der Waals surface area contributed by atoms with Gasteiger partial charge in [0.05, 0.1) is 33.9 Å². The van der Waals surface area contributed by atoms with Gasteiger partial charge < -0.3 is 19.7 Å². The molecule has 0 spiro atoms. The third-order valence-electron chi connectivity index (χ3n) is 5.91. The minimum atomic E-state index is 0.352. The van der Waals surface area contributed by atoms with Crippen molar-refractivity contribution in [3.63, 3.8) is 0 Å². The van der Waals surface area contributed by atoms with Crippen LogP contribution in [0.3, 0.4) is 0 Å². The number of nitrogens with zero attached hydrogens (tertiary/aromatic N) is 4. The Hall–Kier alpha value is -3.58. The topological polar surface area (TPSA) is 72.4 Å². The molecule has 1 aliphatic carbocycles. The zero-order valence-corrected chi connectivity index (χ0v) is 18.6. The molecule has 0 atom stereocenters. The summed E-state index contributed by atoms with van der Waals surface area (Å²) in [5.41, 5.74) is 3.60. The van der Waals surface area contributed by atoms with Crippen LogP contribution in [-0.4, -0.2) is 34.1 Å². The molecule has 2 aromatic heterocycles. The molecule has 1 fully saturated rings. The Balaban J connectivity index is 1.28. The van der Waals surface area contributed by atoms with Crippen LogP contribution in [0, 0.1) is 0 Å². The van der Waals surface area contributed by atoms with Crippen molar-refractivity contribution in [2.75, 3.05) is 23.4 Å². The van der Waals surface area contributed by atoms with Crippen LogP contribution in [0.1, 0.15) is 18.5 Å². The molecule has 0 radical (unpaired) electrons. The number of aromatic nitrogens is 3. The van der Waals surface area contributed by atoms with E-state index < -0.39 is 0 Å². The first-order chi connectivity index (χ1) is 16.3. The highest BCUT2D eigenvalue weighted by molar-refractivity contribution is 6.32. The largest absolute Gasteiger partial charge is 0.489 e. The molecule has 4 aromatic rings. The zero-order valence-electron chi connectivity index (χ0n) is 17.9. The van der Waals surface area contributed by atoms with Gasteiger partial charge in [0.15, 0.2) is 5.75 Å². The van der Waals surface area contributed by atoms with E-state index in [4.69, 9.17) is 21.1 Å². The van der Waals surface area contributed by atoms with Crippen molar-refractivity contribution in [2.24, 2.45) is 0 Å². The summed E-state index contributed by atoms with van der Waals surface area (Å²) in [6, 6.07) is 16.1. The van der Waals surface area contributed by atoms with E-state index in [1.54, 1.807) is 12.5 Å². The highest BCUT2D eigenvalue weighted by atomic mass is 35.5. The first-order valence-corrected chi connectivity index (χ1v) is 11.4. The van der Waals surface area contributed by atoms with Gasteiger partial charge in [0.25, 0.3) is 0 Å². The van der Waals surface area contributed by atoms with Crippen LogP contribution in [0.25, 0.3) is 10.9 Å². The fraction of sp³-hybridized carbons (Fsp3) is 0.240. The lowest BCUT2D eigenvalue weighted by Gasteiger charge is -2.32. The second-order valence-corrected chi connectivity index (χ2v) is 8.59. The molecule has 3 heterocycles. The van der Waals surface area contributed by atoms with E-state index >= 15 is 0 Å². The predicted molar refractivity (Wildman–Crippen MR) is 129 cm³/mol. The van der Waals surface area contributed by atoms with E-state index in [9.17, 15) is 0 Å². The summed E-state index contributed by atoms with van der Waals surface area (Å²) in [6.45, 7) is 1.92. The molecule has 2 aromatic carbocycles. The Morgan fingerprint density at radius 1 is 1.09 bits per heavy atom. The summed E-state index contributed by atoms with van der Waals surface area (Å²) in [5.74, 6) is 2.13. The quantitative estimate of drug-likeness (QED) is 0.416. The highest BCUT2D eigenvalue weighted by Gasteiger charge is 2.34. The molecule has 6 rings (SSSR count). The average molecular weight is 460 g/mol. The normalized spacial score (nSPS) is 15.1. The lowest BCUT2D eigenvalue weighted by molar-refractivity contribution is 0.301. The first kappa shape index (κ1) is 20.1. The van der Waals surface area contributed by atoms with Gasteiger partial charge in [-0.15, -0.1) is 0 Å². The van der Waals surface area contributed by atoms with Crippen LogP contribution in [0.5, 0.6) is 11.5 Å². The molecule has 1 N–H and O–H groups in total. The molecule has 33 heavy (non-hydrogen) atoms. The minimum absolute atomic E-state index is 0.352. The Kier molecular flexibility index (Phi) is 5.11. The first-order valence-electron chi connectivity index (χ1n) is 11.0. The number of hydrogen-bond acceptors (Lipinski definition) is 7. The highest BCUT2D eigenvalue weighted by Crippen LogP contribution is 2.45. The van der Waals surface area contributed by atoms with E-state index in [0.29, 0.717) is 35.8 Å². The maximum atomic E-state index is 6.51. The molecule has 0 unspecified atom stereocenters. The second kappa shape index (κ2) is 8.41. The Labute approximate surface area is 196 Å². The van der Waals surface area contributed by atoms with Gasteiger partial charge in [0, 0.05) is 17.9 Å². The number of rotatable bonds is 6. The van der Waals surface area contributed by atoms with Crippen molar-refractivity contribution < 1.29 is 9.47 Å². The van der Waals surface area contributed by atoms with Gasteiger partial charge in [0.1, 0.15) is 31.1 Å². The monoisotopic (exact) mass is 459 g/mol. The molecule has 0 bridgehead atoms. The van der Waals surface area contributed by atoms with E-state index in [1.165, 1.54) is 12.8 Å². The van der Waals surface area contributed by atoms with E-state index in [1.807, 2.05) is 42.5 Å². The van der Waals surface area contributed by atoms with E-state index in [0.717, 1.165) is 40.3 Å². The smallest absolute Gasteiger partial charge is 0.155 e. The van der Waals surface area contributed by atoms with Gasteiger partial charge in [-0.05, 0) is 55.3 Å². The molecule has 8 heteroatoms. The average Bonchev–Trinajstić information content (AvgIpc) is 3.69. The molecule has 0 amide bonds. The summed E-state index contributed by atoms with van der Waals surface area (Å²) in [6.07, 6.45) is 5.78. The van der Waals surface area contributed by atoms with Crippen molar-refractivity contribution in [1.29, 1.82) is 0 Å². The molecular weight excluding hydrogens is 438 g/mol. The number of hydrogen-bond donors (Lipinski definition) is 1. The van der Waals surface area contributed by atoms with E-state index in [2.05, 4.69) is 31.2 Å². The Morgan fingerprint density at radius 2 is 2.03 bits per heavy atom. The van der Waals surface area contributed by atoms with Crippen LogP contribution >= 0.6 is 11.6 Å². The van der Waals surface area contributed by atoms with Gasteiger partial charge in [-0.25, -0.2) is 9.97 Å². The standard InChI is InChI=1S/C25H22ClN5O2/c26-19-13-16(4-9-22(19)33-14-17-3-1-2-10-27-17)30-25-23-20(28-15-29-25)7-8-21-24(23)32-12-11-31(21)18-5-6-18/h1-4,7-10,13,15,18H,5-6,11-12,14H2,(H,28,29,30). The Bertz CT molecular complexity index is 1310. The Morgan fingerprint density at radius 3 is 2.85 bits per heavy atom. The third-order valence-corrected chi connectivity index (χ3v) is 6.20. The number of halogens is 1. The van der Waals surface area contributed by atoms with Crippen LogP contribution in [-0.2, 0) is 6.61 Å².